The summed E-state index contributed by atoms with van der Waals surface area (Å²) in [7, 11) is 1.59. The maximum Gasteiger partial charge on any atom is 0.262 e. The first-order valence-electron chi connectivity index (χ1n) is 10.2. The Balaban J connectivity index is 1.62. The number of fused-ring (bicyclic) bond motifs is 1. The Kier molecular flexibility index (Phi) is 6.08. The number of rotatable bonds is 6. The van der Waals surface area contributed by atoms with E-state index in [-0.39, 0.29) is 17.5 Å². The van der Waals surface area contributed by atoms with E-state index in [4.69, 9.17) is 9.72 Å². The summed E-state index contributed by atoms with van der Waals surface area (Å²) in [5.41, 5.74) is 1.32. The predicted octanol–water partition coefficient (Wildman–Crippen LogP) is 4.64. The molecule has 0 unspecified atom stereocenters. The SMILES string of the molecule is COc1cccc(NC(=O)[C@@H](C)Sc2nc3ccccc3c(=O)n2C2CCCC2)c1. The summed E-state index contributed by atoms with van der Waals surface area (Å²) in [6.07, 6.45) is 4.16. The molecule has 3 aromatic rings. The summed E-state index contributed by atoms with van der Waals surface area (Å²) in [6.45, 7) is 1.83. The highest BCUT2D eigenvalue weighted by atomic mass is 32.2. The lowest BCUT2D eigenvalue weighted by molar-refractivity contribution is -0.115. The highest BCUT2D eigenvalue weighted by Gasteiger charge is 2.25. The number of methoxy groups -OCH3 is 1. The van der Waals surface area contributed by atoms with Crippen LogP contribution in [0.3, 0.4) is 0 Å². The van der Waals surface area contributed by atoms with E-state index in [2.05, 4.69) is 5.32 Å². The molecule has 1 aromatic heterocycles. The van der Waals surface area contributed by atoms with Crippen LogP contribution >= 0.6 is 11.8 Å². The number of amides is 1. The highest BCUT2D eigenvalue weighted by Crippen LogP contribution is 2.33. The molecule has 7 heteroatoms. The standard InChI is InChI=1S/C23H25N3O3S/c1-15(21(27)24-16-8-7-11-18(14-16)29-2)30-23-25-20-13-6-5-12-19(20)22(28)26(23)17-9-3-4-10-17/h5-8,11-15,17H,3-4,9-10H2,1-2H3,(H,24,27)/t15-/m1/s1. The van der Waals surface area contributed by atoms with Crippen molar-refractivity contribution < 1.29 is 9.53 Å². The molecule has 2 aromatic carbocycles. The van der Waals surface area contributed by atoms with E-state index >= 15 is 0 Å². The number of para-hydroxylation sites is 1. The van der Waals surface area contributed by atoms with Gasteiger partial charge in [0, 0.05) is 17.8 Å². The van der Waals surface area contributed by atoms with Crippen molar-refractivity contribution in [3.8, 4) is 5.75 Å². The van der Waals surface area contributed by atoms with E-state index in [1.54, 1.807) is 13.2 Å². The largest absolute Gasteiger partial charge is 0.497 e. The molecule has 1 fully saturated rings. The van der Waals surface area contributed by atoms with Crippen molar-refractivity contribution >= 4 is 34.3 Å². The number of thioether (sulfide) groups is 1. The third-order valence-electron chi connectivity index (χ3n) is 5.45. The van der Waals surface area contributed by atoms with Gasteiger partial charge in [0.1, 0.15) is 5.75 Å². The van der Waals surface area contributed by atoms with Gasteiger partial charge in [-0.15, -0.1) is 0 Å². The van der Waals surface area contributed by atoms with Gasteiger partial charge in [-0.05, 0) is 44.0 Å². The first-order chi connectivity index (χ1) is 14.6. The molecule has 1 amide bonds. The zero-order chi connectivity index (χ0) is 21.1. The number of aromatic nitrogens is 2. The van der Waals surface area contributed by atoms with E-state index in [0.29, 0.717) is 27.5 Å². The second-order valence-corrected chi connectivity index (χ2v) is 8.81. The highest BCUT2D eigenvalue weighted by molar-refractivity contribution is 8.00. The molecule has 0 aliphatic heterocycles. The van der Waals surface area contributed by atoms with E-state index in [1.807, 2.05) is 54.0 Å². The molecule has 0 radical (unpaired) electrons. The Morgan fingerprint density at radius 1 is 1.20 bits per heavy atom. The molecule has 4 rings (SSSR count). The number of hydrogen-bond donors (Lipinski definition) is 1. The molecule has 0 saturated heterocycles. The number of nitrogens with zero attached hydrogens (tertiary/aromatic N) is 2. The van der Waals surface area contributed by atoms with E-state index in [1.165, 1.54) is 11.8 Å². The van der Waals surface area contributed by atoms with Gasteiger partial charge in [-0.1, -0.05) is 42.8 Å². The molecule has 6 nitrogen and oxygen atoms in total. The number of benzene rings is 2. The van der Waals surface area contributed by atoms with Gasteiger partial charge < -0.3 is 10.1 Å². The van der Waals surface area contributed by atoms with Gasteiger partial charge >= 0.3 is 0 Å². The van der Waals surface area contributed by atoms with Crippen LogP contribution in [-0.4, -0.2) is 27.8 Å². The van der Waals surface area contributed by atoms with Crippen molar-refractivity contribution in [2.24, 2.45) is 0 Å². The van der Waals surface area contributed by atoms with Crippen LogP contribution in [0, 0.1) is 0 Å². The Bertz CT molecular complexity index is 1120. The summed E-state index contributed by atoms with van der Waals surface area (Å²) in [5, 5.41) is 3.74. The van der Waals surface area contributed by atoms with Crippen LogP contribution in [0.25, 0.3) is 10.9 Å². The van der Waals surface area contributed by atoms with Gasteiger partial charge in [-0.2, -0.15) is 0 Å². The molecule has 156 valence electrons. The number of nitrogens with one attached hydrogen (secondary N) is 1. The Morgan fingerprint density at radius 3 is 2.73 bits per heavy atom. The van der Waals surface area contributed by atoms with E-state index < -0.39 is 5.25 Å². The third-order valence-corrected chi connectivity index (χ3v) is 6.52. The van der Waals surface area contributed by atoms with Crippen LogP contribution in [0.1, 0.15) is 38.6 Å². The fourth-order valence-electron chi connectivity index (χ4n) is 3.85. The third kappa shape index (κ3) is 4.21. The molecular weight excluding hydrogens is 398 g/mol. The molecule has 1 aliphatic carbocycles. The molecule has 1 atom stereocenters. The van der Waals surface area contributed by atoms with Crippen molar-refractivity contribution in [1.82, 2.24) is 9.55 Å². The summed E-state index contributed by atoms with van der Waals surface area (Å²) in [5.74, 6) is 0.535. The zero-order valence-electron chi connectivity index (χ0n) is 17.1. The first kappa shape index (κ1) is 20.5. The minimum absolute atomic E-state index is 0.0181. The fourth-order valence-corrected chi connectivity index (χ4v) is 4.83. The van der Waals surface area contributed by atoms with Crippen molar-refractivity contribution in [3.05, 3.63) is 58.9 Å². The second-order valence-electron chi connectivity index (χ2n) is 7.51. The number of carbonyl (C=O) groups is 1. The van der Waals surface area contributed by atoms with Crippen molar-refractivity contribution in [2.45, 2.75) is 49.1 Å². The van der Waals surface area contributed by atoms with Crippen LogP contribution in [0.15, 0.2) is 58.5 Å². The van der Waals surface area contributed by atoms with E-state index in [0.717, 1.165) is 25.7 Å². The molecule has 1 saturated carbocycles. The lowest BCUT2D eigenvalue weighted by Crippen LogP contribution is -2.29. The van der Waals surface area contributed by atoms with Gasteiger partial charge in [-0.3, -0.25) is 14.2 Å². The quantitative estimate of drug-likeness (QED) is 0.462. The molecule has 1 heterocycles. The minimum atomic E-state index is -0.420. The smallest absolute Gasteiger partial charge is 0.262 e. The summed E-state index contributed by atoms with van der Waals surface area (Å²) >= 11 is 1.33. The van der Waals surface area contributed by atoms with Crippen molar-refractivity contribution in [2.75, 3.05) is 12.4 Å². The van der Waals surface area contributed by atoms with Crippen LogP contribution in [0.5, 0.6) is 5.75 Å². The molecule has 0 spiro atoms. The first-order valence-corrected chi connectivity index (χ1v) is 11.1. The summed E-state index contributed by atoms with van der Waals surface area (Å²) in [6, 6.07) is 14.8. The molecule has 30 heavy (non-hydrogen) atoms. The number of anilines is 1. The van der Waals surface area contributed by atoms with Crippen LogP contribution in [0.2, 0.25) is 0 Å². The lowest BCUT2D eigenvalue weighted by atomic mass is 10.2. The maximum atomic E-state index is 13.2. The van der Waals surface area contributed by atoms with Gasteiger partial charge in [0.15, 0.2) is 5.16 Å². The summed E-state index contributed by atoms with van der Waals surface area (Å²) in [4.78, 5) is 30.8. The van der Waals surface area contributed by atoms with Crippen LogP contribution in [-0.2, 0) is 4.79 Å². The normalized spacial score (nSPS) is 15.3. The topological polar surface area (TPSA) is 73.2 Å². The van der Waals surface area contributed by atoms with Gasteiger partial charge in [-0.25, -0.2) is 4.98 Å². The van der Waals surface area contributed by atoms with Crippen molar-refractivity contribution in [3.63, 3.8) is 0 Å². The molecule has 0 bridgehead atoms. The van der Waals surface area contributed by atoms with Gasteiger partial charge in [0.25, 0.3) is 5.56 Å². The lowest BCUT2D eigenvalue weighted by Gasteiger charge is -2.20. The zero-order valence-corrected chi connectivity index (χ0v) is 17.9. The number of hydrogen-bond acceptors (Lipinski definition) is 5. The fraction of sp³-hybridized carbons (Fsp3) is 0.348. The van der Waals surface area contributed by atoms with Crippen LogP contribution in [0.4, 0.5) is 5.69 Å². The average Bonchev–Trinajstić information content (AvgIpc) is 3.28. The Labute approximate surface area is 179 Å². The monoisotopic (exact) mass is 423 g/mol. The maximum absolute atomic E-state index is 13.2. The van der Waals surface area contributed by atoms with E-state index in [9.17, 15) is 9.59 Å². The Morgan fingerprint density at radius 2 is 1.97 bits per heavy atom. The molecular formula is C23H25N3O3S. The minimum Gasteiger partial charge on any atom is -0.497 e. The van der Waals surface area contributed by atoms with Crippen LogP contribution < -0.4 is 15.6 Å². The van der Waals surface area contributed by atoms with Gasteiger partial charge in [0.05, 0.1) is 23.3 Å². The second kappa shape index (κ2) is 8.92. The average molecular weight is 424 g/mol. The van der Waals surface area contributed by atoms with Gasteiger partial charge in [0.2, 0.25) is 5.91 Å². The Hall–Kier alpha value is -2.80. The molecule has 1 aliphatic rings. The van der Waals surface area contributed by atoms with Crippen molar-refractivity contribution in [1.29, 1.82) is 0 Å². The summed E-state index contributed by atoms with van der Waals surface area (Å²) < 4.78 is 7.03. The number of carbonyl (C=O) groups excluding carboxylic acids is 1. The molecule has 1 N–H and O–H groups in total. The predicted molar refractivity (Wildman–Crippen MR) is 120 cm³/mol. The number of ether oxygens (including phenoxy) is 1.